The SMILES string of the molecule is CCc1ncc2c(n1)CN([C@@H](C)C(=O)Nc1cc(C)on1)CC2. The van der Waals surface area contributed by atoms with E-state index in [2.05, 4.69) is 25.3 Å². The van der Waals surface area contributed by atoms with Crippen molar-refractivity contribution in [1.82, 2.24) is 20.0 Å². The highest BCUT2D eigenvalue weighted by Gasteiger charge is 2.27. The Hall–Kier alpha value is -2.28. The summed E-state index contributed by atoms with van der Waals surface area (Å²) >= 11 is 0. The molecule has 0 fully saturated rings. The molecule has 2 aromatic heterocycles. The van der Waals surface area contributed by atoms with E-state index in [4.69, 9.17) is 4.52 Å². The lowest BCUT2D eigenvalue weighted by Gasteiger charge is -2.32. The zero-order chi connectivity index (χ0) is 16.4. The van der Waals surface area contributed by atoms with Gasteiger partial charge in [-0.2, -0.15) is 0 Å². The van der Waals surface area contributed by atoms with E-state index in [9.17, 15) is 4.79 Å². The number of aromatic nitrogens is 3. The number of amides is 1. The molecular formula is C16H21N5O2. The van der Waals surface area contributed by atoms with Crippen LogP contribution in [0, 0.1) is 6.92 Å². The first-order chi connectivity index (χ1) is 11.1. The molecule has 3 heterocycles. The smallest absolute Gasteiger partial charge is 0.242 e. The summed E-state index contributed by atoms with van der Waals surface area (Å²) in [5, 5.41) is 6.58. The number of carbonyl (C=O) groups excluding carboxylic acids is 1. The van der Waals surface area contributed by atoms with Gasteiger partial charge in [-0.3, -0.25) is 9.69 Å². The molecule has 122 valence electrons. The van der Waals surface area contributed by atoms with Crippen molar-refractivity contribution in [3.8, 4) is 0 Å². The van der Waals surface area contributed by atoms with Crippen molar-refractivity contribution in [3.63, 3.8) is 0 Å². The molecule has 0 spiro atoms. The largest absolute Gasteiger partial charge is 0.360 e. The zero-order valence-electron chi connectivity index (χ0n) is 13.7. The summed E-state index contributed by atoms with van der Waals surface area (Å²) in [6, 6.07) is 1.44. The van der Waals surface area contributed by atoms with E-state index in [1.54, 1.807) is 13.0 Å². The Bertz CT molecular complexity index is 712. The molecule has 0 saturated carbocycles. The Morgan fingerprint density at radius 2 is 2.35 bits per heavy atom. The van der Waals surface area contributed by atoms with E-state index < -0.39 is 0 Å². The minimum atomic E-state index is -0.264. The van der Waals surface area contributed by atoms with Crippen LogP contribution in [0.5, 0.6) is 0 Å². The second kappa shape index (κ2) is 6.45. The molecule has 7 nitrogen and oxygen atoms in total. The molecule has 1 aliphatic rings. The van der Waals surface area contributed by atoms with Gasteiger partial charge >= 0.3 is 0 Å². The van der Waals surface area contributed by atoms with Gasteiger partial charge in [0.1, 0.15) is 11.6 Å². The Balaban J connectivity index is 1.68. The van der Waals surface area contributed by atoms with Crippen LogP contribution in [-0.2, 0) is 24.2 Å². The summed E-state index contributed by atoms with van der Waals surface area (Å²) < 4.78 is 4.97. The van der Waals surface area contributed by atoms with E-state index in [0.717, 1.165) is 30.9 Å². The monoisotopic (exact) mass is 315 g/mol. The molecule has 1 atom stereocenters. The lowest BCUT2D eigenvalue weighted by molar-refractivity contribution is -0.121. The third-order valence-corrected chi connectivity index (χ3v) is 4.15. The Morgan fingerprint density at radius 1 is 1.52 bits per heavy atom. The second-order valence-corrected chi connectivity index (χ2v) is 5.82. The van der Waals surface area contributed by atoms with Crippen molar-refractivity contribution in [2.45, 2.75) is 46.2 Å². The summed E-state index contributed by atoms with van der Waals surface area (Å²) in [6.45, 7) is 7.21. The van der Waals surface area contributed by atoms with Crippen LogP contribution in [0.25, 0.3) is 0 Å². The molecule has 3 rings (SSSR count). The molecule has 1 amide bonds. The predicted octanol–water partition coefficient (Wildman–Crippen LogP) is 1.72. The molecular weight excluding hydrogens is 294 g/mol. The normalized spacial score (nSPS) is 16.0. The summed E-state index contributed by atoms with van der Waals surface area (Å²) in [6.07, 6.45) is 3.59. The maximum atomic E-state index is 12.4. The van der Waals surface area contributed by atoms with Crippen molar-refractivity contribution in [3.05, 3.63) is 35.1 Å². The molecule has 0 bridgehead atoms. The quantitative estimate of drug-likeness (QED) is 0.925. The van der Waals surface area contributed by atoms with Gasteiger partial charge in [-0.25, -0.2) is 9.97 Å². The van der Waals surface area contributed by atoms with E-state index in [0.29, 0.717) is 18.1 Å². The van der Waals surface area contributed by atoms with Crippen molar-refractivity contribution >= 4 is 11.7 Å². The predicted molar refractivity (Wildman–Crippen MR) is 84.9 cm³/mol. The number of carbonyl (C=O) groups is 1. The Labute approximate surface area is 135 Å². The van der Waals surface area contributed by atoms with Gasteiger partial charge in [0.2, 0.25) is 5.91 Å². The Morgan fingerprint density at radius 3 is 3.04 bits per heavy atom. The van der Waals surface area contributed by atoms with Crippen molar-refractivity contribution in [2.75, 3.05) is 11.9 Å². The first-order valence-corrected chi connectivity index (χ1v) is 7.88. The molecule has 1 N–H and O–H groups in total. The lowest BCUT2D eigenvalue weighted by atomic mass is 10.0. The molecule has 0 unspecified atom stereocenters. The lowest BCUT2D eigenvalue weighted by Crippen LogP contribution is -2.45. The van der Waals surface area contributed by atoms with Crippen molar-refractivity contribution < 1.29 is 9.32 Å². The highest BCUT2D eigenvalue weighted by molar-refractivity contribution is 5.93. The van der Waals surface area contributed by atoms with Crippen LogP contribution >= 0.6 is 0 Å². The van der Waals surface area contributed by atoms with Crippen molar-refractivity contribution in [2.24, 2.45) is 0 Å². The van der Waals surface area contributed by atoms with Gasteiger partial charge < -0.3 is 9.84 Å². The maximum absolute atomic E-state index is 12.4. The zero-order valence-corrected chi connectivity index (χ0v) is 13.7. The number of nitrogens with one attached hydrogen (secondary N) is 1. The highest BCUT2D eigenvalue weighted by atomic mass is 16.5. The first-order valence-electron chi connectivity index (χ1n) is 7.88. The van der Waals surface area contributed by atoms with E-state index in [1.165, 1.54) is 5.56 Å². The molecule has 23 heavy (non-hydrogen) atoms. The summed E-state index contributed by atoms with van der Waals surface area (Å²) in [5.74, 6) is 1.88. The minimum Gasteiger partial charge on any atom is -0.360 e. The summed E-state index contributed by atoms with van der Waals surface area (Å²) in [5.41, 5.74) is 2.21. The third kappa shape index (κ3) is 3.39. The van der Waals surface area contributed by atoms with Gasteiger partial charge in [0, 0.05) is 31.8 Å². The number of anilines is 1. The molecule has 0 radical (unpaired) electrons. The van der Waals surface area contributed by atoms with Gasteiger partial charge in [0.25, 0.3) is 0 Å². The van der Waals surface area contributed by atoms with Gasteiger partial charge in [0.15, 0.2) is 5.82 Å². The fourth-order valence-corrected chi connectivity index (χ4v) is 2.69. The maximum Gasteiger partial charge on any atom is 0.242 e. The fourth-order valence-electron chi connectivity index (χ4n) is 2.69. The highest BCUT2D eigenvalue weighted by Crippen LogP contribution is 2.19. The van der Waals surface area contributed by atoms with Crippen LogP contribution < -0.4 is 5.32 Å². The average molecular weight is 315 g/mol. The van der Waals surface area contributed by atoms with E-state index >= 15 is 0 Å². The number of rotatable bonds is 4. The molecule has 0 aromatic carbocycles. The summed E-state index contributed by atoms with van der Waals surface area (Å²) in [7, 11) is 0. The number of hydrogen-bond donors (Lipinski definition) is 1. The standard InChI is InChI=1S/C16H21N5O2/c1-4-14-17-8-12-5-6-21(9-13(12)18-14)11(3)16(22)19-15-7-10(2)23-20-15/h7-8,11H,4-6,9H2,1-3H3,(H,19,20,22)/t11-/m0/s1. The molecule has 0 saturated heterocycles. The van der Waals surface area contributed by atoms with Crippen LogP contribution in [0.2, 0.25) is 0 Å². The molecule has 0 aliphatic carbocycles. The van der Waals surface area contributed by atoms with Crippen LogP contribution in [0.4, 0.5) is 5.82 Å². The van der Waals surface area contributed by atoms with Gasteiger partial charge in [-0.1, -0.05) is 12.1 Å². The first kappa shape index (κ1) is 15.6. The van der Waals surface area contributed by atoms with E-state index in [1.807, 2.05) is 20.0 Å². The van der Waals surface area contributed by atoms with Crippen LogP contribution in [0.15, 0.2) is 16.8 Å². The third-order valence-electron chi connectivity index (χ3n) is 4.15. The average Bonchev–Trinajstić information content (AvgIpc) is 2.97. The van der Waals surface area contributed by atoms with Gasteiger partial charge in [0.05, 0.1) is 11.7 Å². The van der Waals surface area contributed by atoms with Crippen LogP contribution in [0.3, 0.4) is 0 Å². The molecule has 7 heteroatoms. The fraction of sp³-hybridized carbons (Fsp3) is 0.500. The topological polar surface area (TPSA) is 84.2 Å². The minimum absolute atomic E-state index is 0.0912. The second-order valence-electron chi connectivity index (χ2n) is 5.82. The molecule has 1 aliphatic heterocycles. The van der Waals surface area contributed by atoms with E-state index in [-0.39, 0.29) is 11.9 Å². The summed E-state index contributed by atoms with van der Waals surface area (Å²) in [4.78, 5) is 23.5. The number of nitrogens with zero attached hydrogens (tertiary/aromatic N) is 4. The molecule has 2 aromatic rings. The Kier molecular flexibility index (Phi) is 4.38. The van der Waals surface area contributed by atoms with Gasteiger partial charge in [-0.05, 0) is 25.8 Å². The van der Waals surface area contributed by atoms with Crippen molar-refractivity contribution in [1.29, 1.82) is 0 Å². The number of fused-ring (bicyclic) bond motifs is 1. The van der Waals surface area contributed by atoms with Gasteiger partial charge in [-0.15, -0.1) is 0 Å². The number of hydrogen-bond acceptors (Lipinski definition) is 6. The van der Waals surface area contributed by atoms with Crippen LogP contribution in [0.1, 0.15) is 36.7 Å². The number of aryl methyl sites for hydroxylation is 2. The van der Waals surface area contributed by atoms with Crippen LogP contribution in [-0.4, -0.2) is 38.5 Å².